The standard InChI is InChI=1S/C10H16O2/c1-6-4-8-7(2)12-9(11)10(8,3)5-6/h6-8H,4-5H2,1-3H3/t6?,7-,8?,10?/m0/s1. The number of rotatable bonds is 0. The highest BCUT2D eigenvalue weighted by molar-refractivity contribution is 5.79. The first-order valence-electron chi connectivity index (χ1n) is 4.75. The van der Waals surface area contributed by atoms with Crippen molar-refractivity contribution in [3.8, 4) is 0 Å². The molecule has 1 aliphatic carbocycles. The van der Waals surface area contributed by atoms with E-state index >= 15 is 0 Å². The number of cyclic esters (lactones) is 1. The van der Waals surface area contributed by atoms with Crippen molar-refractivity contribution in [3.05, 3.63) is 0 Å². The Labute approximate surface area is 73.3 Å². The van der Waals surface area contributed by atoms with Crippen LogP contribution in [0.15, 0.2) is 0 Å². The minimum Gasteiger partial charge on any atom is -0.462 e. The van der Waals surface area contributed by atoms with Crippen LogP contribution in [0.1, 0.15) is 33.6 Å². The molecule has 2 aliphatic rings. The van der Waals surface area contributed by atoms with E-state index in [-0.39, 0.29) is 17.5 Å². The fourth-order valence-electron chi connectivity index (χ4n) is 2.98. The molecule has 1 saturated carbocycles. The topological polar surface area (TPSA) is 26.3 Å². The first-order valence-corrected chi connectivity index (χ1v) is 4.75. The van der Waals surface area contributed by atoms with Crippen molar-refractivity contribution < 1.29 is 9.53 Å². The minimum atomic E-state index is -0.154. The van der Waals surface area contributed by atoms with Crippen molar-refractivity contribution in [1.29, 1.82) is 0 Å². The van der Waals surface area contributed by atoms with Crippen LogP contribution >= 0.6 is 0 Å². The summed E-state index contributed by atoms with van der Waals surface area (Å²) in [5, 5.41) is 0. The summed E-state index contributed by atoms with van der Waals surface area (Å²) in [4.78, 5) is 11.5. The van der Waals surface area contributed by atoms with Gasteiger partial charge < -0.3 is 4.74 Å². The van der Waals surface area contributed by atoms with Gasteiger partial charge in [-0.3, -0.25) is 4.79 Å². The summed E-state index contributed by atoms with van der Waals surface area (Å²) in [7, 11) is 0. The number of carbonyl (C=O) groups is 1. The first kappa shape index (κ1) is 8.09. The maximum absolute atomic E-state index is 11.5. The van der Waals surface area contributed by atoms with Gasteiger partial charge in [-0.2, -0.15) is 0 Å². The van der Waals surface area contributed by atoms with Crippen molar-refractivity contribution in [3.63, 3.8) is 0 Å². The summed E-state index contributed by atoms with van der Waals surface area (Å²) < 4.78 is 5.24. The van der Waals surface area contributed by atoms with Crippen molar-refractivity contribution in [1.82, 2.24) is 0 Å². The Morgan fingerprint density at radius 3 is 2.75 bits per heavy atom. The molecule has 0 aromatic carbocycles. The van der Waals surface area contributed by atoms with E-state index in [4.69, 9.17) is 4.74 Å². The van der Waals surface area contributed by atoms with Gasteiger partial charge in [-0.15, -0.1) is 0 Å². The molecule has 1 saturated heterocycles. The number of esters is 1. The van der Waals surface area contributed by atoms with Gasteiger partial charge in [-0.25, -0.2) is 0 Å². The van der Waals surface area contributed by atoms with Crippen LogP contribution in [0.25, 0.3) is 0 Å². The molecule has 1 aliphatic heterocycles. The zero-order valence-corrected chi connectivity index (χ0v) is 7.96. The monoisotopic (exact) mass is 168 g/mol. The van der Waals surface area contributed by atoms with Crippen molar-refractivity contribution >= 4 is 5.97 Å². The Bertz CT molecular complexity index is 224. The Morgan fingerprint density at radius 2 is 2.17 bits per heavy atom. The summed E-state index contributed by atoms with van der Waals surface area (Å²) in [6.07, 6.45) is 2.32. The molecule has 2 rings (SSSR count). The van der Waals surface area contributed by atoms with E-state index in [2.05, 4.69) is 13.8 Å². The third-order valence-electron chi connectivity index (χ3n) is 3.57. The average molecular weight is 168 g/mol. The molecule has 0 spiro atoms. The second-order valence-corrected chi connectivity index (χ2v) is 4.68. The van der Waals surface area contributed by atoms with Crippen LogP contribution in [0, 0.1) is 17.3 Å². The number of hydrogen-bond acceptors (Lipinski definition) is 2. The molecule has 3 unspecified atom stereocenters. The van der Waals surface area contributed by atoms with Crippen LogP contribution in [-0.4, -0.2) is 12.1 Å². The SMILES string of the molecule is CC1CC2[C@H](C)OC(=O)C2(C)C1. The number of ether oxygens (including phenoxy) is 1. The van der Waals surface area contributed by atoms with Crippen LogP contribution in [-0.2, 0) is 9.53 Å². The van der Waals surface area contributed by atoms with E-state index in [1.165, 1.54) is 0 Å². The summed E-state index contributed by atoms with van der Waals surface area (Å²) in [5.74, 6) is 1.19. The maximum Gasteiger partial charge on any atom is 0.312 e. The largest absolute Gasteiger partial charge is 0.462 e. The summed E-state index contributed by atoms with van der Waals surface area (Å²) in [5.41, 5.74) is -0.154. The van der Waals surface area contributed by atoms with Crippen LogP contribution in [0.5, 0.6) is 0 Å². The lowest BCUT2D eigenvalue weighted by atomic mass is 9.80. The average Bonchev–Trinajstić information content (AvgIpc) is 2.34. The highest BCUT2D eigenvalue weighted by Crippen LogP contribution is 2.53. The summed E-state index contributed by atoms with van der Waals surface area (Å²) in [6.45, 7) is 6.31. The molecule has 0 amide bonds. The van der Waals surface area contributed by atoms with Crippen molar-refractivity contribution in [2.45, 2.75) is 39.7 Å². The third kappa shape index (κ3) is 0.838. The van der Waals surface area contributed by atoms with Gasteiger partial charge in [0.15, 0.2) is 0 Å². The van der Waals surface area contributed by atoms with Gasteiger partial charge in [0.1, 0.15) is 6.10 Å². The molecule has 1 heterocycles. The fraction of sp³-hybridized carbons (Fsp3) is 0.900. The van der Waals surface area contributed by atoms with Gasteiger partial charge in [-0.05, 0) is 32.6 Å². The quantitative estimate of drug-likeness (QED) is 0.517. The number of fused-ring (bicyclic) bond motifs is 1. The zero-order chi connectivity index (χ0) is 8.93. The molecular weight excluding hydrogens is 152 g/mol. The predicted molar refractivity (Wildman–Crippen MR) is 45.5 cm³/mol. The lowest BCUT2D eigenvalue weighted by Crippen LogP contribution is -2.25. The molecular formula is C10H16O2. The lowest BCUT2D eigenvalue weighted by Gasteiger charge is -2.18. The molecule has 2 nitrogen and oxygen atoms in total. The predicted octanol–water partition coefficient (Wildman–Crippen LogP) is 1.98. The second kappa shape index (κ2) is 2.24. The number of hydrogen-bond donors (Lipinski definition) is 0. The van der Waals surface area contributed by atoms with Crippen LogP contribution in [0.4, 0.5) is 0 Å². The van der Waals surface area contributed by atoms with E-state index < -0.39 is 0 Å². The van der Waals surface area contributed by atoms with Crippen LogP contribution in [0.2, 0.25) is 0 Å². The fourth-order valence-corrected chi connectivity index (χ4v) is 2.98. The Kier molecular flexibility index (Phi) is 1.51. The zero-order valence-electron chi connectivity index (χ0n) is 7.96. The van der Waals surface area contributed by atoms with E-state index in [1.807, 2.05) is 6.92 Å². The Morgan fingerprint density at radius 1 is 1.50 bits per heavy atom. The molecule has 0 aromatic rings. The van der Waals surface area contributed by atoms with Gasteiger partial charge in [0.05, 0.1) is 5.41 Å². The molecule has 68 valence electrons. The number of carbonyl (C=O) groups excluding carboxylic acids is 1. The van der Waals surface area contributed by atoms with Crippen molar-refractivity contribution in [2.24, 2.45) is 17.3 Å². The molecule has 0 bridgehead atoms. The second-order valence-electron chi connectivity index (χ2n) is 4.68. The van der Waals surface area contributed by atoms with Gasteiger partial charge >= 0.3 is 5.97 Å². The molecule has 0 radical (unpaired) electrons. The van der Waals surface area contributed by atoms with Gasteiger partial charge in [0.2, 0.25) is 0 Å². The Balaban J connectivity index is 2.30. The van der Waals surface area contributed by atoms with Crippen molar-refractivity contribution in [2.75, 3.05) is 0 Å². The van der Waals surface area contributed by atoms with Gasteiger partial charge in [0, 0.05) is 5.92 Å². The van der Waals surface area contributed by atoms with E-state index in [1.54, 1.807) is 0 Å². The maximum atomic E-state index is 11.5. The molecule has 0 N–H and O–H groups in total. The minimum absolute atomic E-state index is 0.0318. The molecule has 2 fully saturated rings. The lowest BCUT2D eigenvalue weighted by molar-refractivity contribution is -0.148. The molecule has 0 aromatic heterocycles. The third-order valence-corrected chi connectivity index (χ3v) is 3.57. The van der Waals surface area contributed by atoms with Gasteiger partial charge in [-0.1, -0.05) is 6.92 Å². The van der Waals surface area contributed by atoms with E-state index in [0.717, 1.165) is 12.8 Å². The Hall–Kier alpha value is -0.530. The first-order chi connectivity index (χ1) is 5.54. The van der Waals surface area contributed by atoms with Gasteiger partial charge in [0.25, 0.3) is 0 Å². The normalized spacial score (nSPS) is 52.2. The highest BCUT2D eigenvalue weighted by atomic mass is 16.6. The highest BCUT2D eigenvalue weighted by Gasteiger charge is 2.56. The summed E-state index contributed by atoms with van der Waals surface area (Å²) in [6, 6.07) is 0. The van der Waals surface area contributed by atoms with E-state index in [9.17, 15) is 4.79 Å². The molecule has 2 heteroatoms. The summed E-state index contributed by atoms with van der Waals surface area (Å²) >= 11 is 0. The molecule has 4 atom stereocenters. The van der Waals surface area contributed by atoms with Crippen LogP contribution in [0.3, 0.4) is 0 Å². The smallest absolute Gasteiger partial charge is 0.312 e. The van der Waals surface area contributed by atoms with Crippen LogP contribution < -0.4 is 0 Å². The van der Waals surface area contributed by atoms with E-state index in [0.29, 0.717) is 11.8 Å². The molecule has 12 heavy (non-hydrogen) atoms.